The van der Waals surface area contributed by atoms with Gasteiger partial charge in [-0.3, -0.25) is 0 Å². The van der Waals surface area contributed by atoms with Crippen LogP contribution in [0, 0.1) is 5.82 Å². The molecule has 3 aromatic rings. The topological polar surface area (TPSA) is 52.0 Å². The third kappa shape index (κ3) is 2.52. The van der Waals surface area contributed by atoms with E-state index in [1.807, 2.05) is 36.4 Å². The molecule has 0 amide bonds. The molecule has 0 bridgehead atoms. The average Bonchev–Trinajstić information content (AvgIpc) is 3.09. The van der Waals surface area contributed by atoms with Crippen LogP contribution in [0.1, 0.15) is 17.2 Å². The van der Waals surface area contributed by atoms with Crippen LogP contribution in [0.2, 0.25) is 0 Å². The zero-order chi connectivity index (χ0) is 16.5. The molecule has 4 rings (SSSR count). The van der Waals surface area contributed by atoms with E-state index in [-0.39, 0.29) is 11.9 Å². The Morgan fingerprint density at radius 1 is 1.17 bits per heavy atom. The van der Waals surface area contributed by atoms with Crippen LogP contribution < -0.4 is 10.1 Å². The molecule has 0 saturated carbocycles. The average molecular weight is 322 g/mol. The number of aromatic nitrogens is 3. The maximum atomic E-state index is 13.6. The molecule has 5 nitrogen and oxygen atoms in total. The van der Waals surface area contributed by atoms with Crippen LogP contribution >= 0.6 is 0 Å². The van der Waals surface area contributed by atoms with Crippen LogP contribution in [0.5, 0.6) is 5.75 Å². The molecule has 1 aromatic heterocycles. The zero-order valence-electron chi connectivity index (χ0n) is 13.0. The molecule has 1 N–H and O–H groups in total. The van der Waals surface area contributed by atoms with Crippen LogP contribution in [-0.4, -0.2) is 21.9 Å². The van der Waals surface area contributed by atoms with Gasteiger partial charge in [0.25, 0.3) is 0 Å². The normalized spacial score (nSPS) is 16.1. The fourth-order valence-electron chi connectivity index (χ4n) is 2.82. The molecule has 1 aliphatic rings. The van der Waals surface area contributed by atoms with Gasteiger partial charge in [-0.15, -0.1) is 0 Å². The summed E-state index contributed by atoms with van der Waals surface area (Å²) in [5, 5.41) is 7.52. The van der Waals surface area contributed by atoms with Gasteiger partial charge >= 0.3 is 0 Å². The zero-order valence-corrected chi connectivity index (χ0v) is 13.0. The van der Waals surface area contributed by atoms with Crippen molar-refractivity contribution in [1.29, 1.82) is 0 Å². The SMILES string of the molecule is COc1cccc(C2=C[C@@H](c3cccc(F)c3)n3ncnc3N2)c1. The second kappa shape index (κ2) is 5.81. The van der Waals surface area contributed by atoms with Gasteiger partial charge in [-0.25, -0.2) is 9.07 Å². The van der Waals surface area contributed by atoms with E-state index in [0.717, 1.165) is 22.6 Å². The third-order valence-electron chi connectivity index (χ3n) is 3.98. The highest BCUT2D eigenvalue weighted by Crippen LogP contribution is 2.32. The summed E-state index contributed by atoms with van der Waals surface area (Å²) in [6.07, 6.45) is 3.49. The number of fused-ring (bicyclic) bond motifs is 1. The van der Waals surface area contributed by atoms with Crippen molar-refractivity contribution in [2.24, 2.45) is 0 Å². The summed E-state index contributed by atoms with van der Waals surface area (Å²) in [6.45, 7) is 0. The molecule has 2 heterocycles. The summed E-state index contributed by atoms with van der Waals surface area (Å²) in [4.78, 5) is 4.25. The Labute approximate surface area is 138 Å². The lowest BCUT2D eigenvalue weighted by atomic mass is 10.0. The van der Waals surface area contributed by atoms with Crippen molar-refractivity contribution in [2.45, 2.75) is 6.04 Å². The van der Waals surface area contributed by atoms with Gasteiger partial charge in [0.05, 0.1) is 7.11 Å². The van der Waals surface area contributed by atoms with Crippen molar-refractivity contribution in [3.63, 3.8) is 0 Å². The van der Waals surface area contributed by atoms with Crippen molar-refractivity contribution in [3.05, 3.63) is 77.9 Å². The number of nitrogens with zero attached hydrogens (tertiary/aromatic N) is 3. The predicted octanol–water partition coefficient (Wildman–Crippen LogP) is 3.48. The van der Waals surface area contributed by atoms with E-state index >= 15 is 0 Å². The molecule has 1 aliphatic heterocycles. The highest BCUT2D eigenvalue weighted by atomic mass is 19.1. The molecule has 0 saturated heterocycles. The Kier molecular flexibility index (Phi) is 3.49. The predicted molar refractivity (Wildman–Crippen MR) is 89.2 cm³/mol. The van der Waals surface area contributed by atoms with Crippen molar-refractivity contribution in [2.75, 3.05) is 12.4 Å². The van der Waals surface area contributed by atoms with Gasteiger partial charge in [0.2, 0.25) is 5.95 Å². The highest BCUT2D eigenvalue weighted by molar-refractivity contribution is 5.77. The molecule has 24 heavy (non-hydrogen) atoms. The number of hydrogen-bond acceptors (Lipinski definition) is 4. The van der Waals surface area contributed by atoms with E-state index in [9.17, 15) is 4.39 Å². The molecule has 0 radical (unpaired) electrons. The number of anilines is 1. The summed E-state index contributed by atoms with van der Waals surface area (Å²) < 4.78 is 20.7. The Hall–Kier alpha value is -3.15. The Bertz CT molecular complexity index is 919. The molecule has 0 spiro atoms. The first-order chi connectivity index (χ1) is 11.7. The first-order valence-corrected chi connectivity index (χ1v) is 7.53. The number of halogens is 1. The number of rotatable bonds is 3. The quantitative estimate of drug-likeness (QED) is 0.802. The summed E-state index contributed by atoms with van der Waals surface area (Å²) in [5.74, 6) is 1.11. The molecule has 1 atom stereocenters. The lowest BCUT2D eigenvalue weighted by molar-refractivity contribution is 0.414. The number of nitrogens with one attached hydrogen (secondary N) is 1. The van der Waals surface area contributed by atoms with Gasteiger partial charge in [0.1, 0.15) is 23.9 Å². The first-order valence-electron chi connectivity index (χ1n) is 7.53. The van der Waals surface area contributed by atoms with E-state index < -0.39 is 0 Å². The van der Waals surface area contributed by atoms with Crippen molar-refractivity contribution in [1.82, 2.24) is 14.8 Å². The number of allylic oxidation sites excluding steroid dienone is 1. The van der Waals surface area contributed by atoms with Gasteiger partial charge in [0.15, 0.2) is 0 Å². The molecule has 0 fully saturated rings. The lowest BCUT2D eigenvalue weighted by Crippen LogP contribution is -2.20. The van der Waals surface area contributed by atoms with E-state index in [0.29, 0.717) is 5.95 Å². The summed E-state index contributed by atoms with van der Waals surface area (Å²) in [6, 6.07) is 14.0. The first kappa shape index (κ1) is 14.4. The maximum absolute atomic E-state index is 13.6. The fourth-order valence-corrected chi connectivity index (χ4v) is 2.82. The number of hydrogen-bond donors (Lipinski definition) is 1. The van der Waals surface area contributed by atoms with Crippen LogP contribution in [0.4, 0.5) is 10.3 Å². The number of benzene rings is 2. The molecular weight excluding hydrogens is 307 g/mol. The van der Waals surface area contributed by atoms with Crippen molar-refractivity contribution in [3.8, 4) is 5.75 Å². The fraction of sp³-hybridized carbons (Fsp3) is 0.111. The van der Waals surface area contributed by atoms with Crippen LogP contribution in [0.15, 0.2) is 60.9 Å². The third-order valence-corrected chi connectivity index (χ3v) is 3.98. The van der Waals surface area contributed by atoms with Crippen LogP contribution in [0.25, 0.3) is 5.70 Å². The van der Waals surface area contributed by atoms with E-state index in [4.69, 9.17) is 4.74 Å². The van der Waals surface area contributed by atoms with Gasteiger partial charge in [0, 0.05) is 11.3 Å². The molecule has 2 aromatic carbocycles. The largest absolute Gasteiger partial charge is 0.497 e. The number of methoxy groups -OCH3 is 1. The molecule has 0 unspecified atom stereocenters. The smallest absolute Gasteiger partial charge is 0.226 e. The van der Waals surface area contributed by atoms with Crippen LogP contribution in [-0.2, 0) is 0 Å². The highest BCUT2D eigenvalue weighted by Gasteiger charge is 2.23. The Morgan fingerprint density at radius 2 is 2.04 bits per heavy atom. The maximum Gasteiger partial charge on any atom is 0.226 e. The molecule has 0 aliphatic carbocycles. The summed E-state index contributed by atoms with van der Waals surface area (Å²) in [5.41, 5.74) is 2.65. The van der Waals surface area contributed by atoms with E-state index in [2.05, 4.69) is 15.4 Å². The lowest BCUT2D eigenvalue weighted by Gasteiger charge is -2.24. The monoisotopic (exact) mass is 322 g/mol. The summed E-state index contributed by atoms with van der Waals surface area (Å²) >= 11 is 0. The second-order valence-corrected chi connectivity index (χ2v) is 5.47. The molecule has 6 heteroatoms. The van der Waals surface area contributed by atoms with Gasteiger partial charge < -0.3 is 10.1 Å². The van der Waals surface area contributed by atoms with Crippen molar-refractivity contribution < 1.29 is 9.13 Å². The standard InChI is InChI=1S/C18H15FN4O/c1-24-15-7-3-4-12(9-15)16-10-17(13-5-2-6-14(19)8-13)23-18(22-16)20-11-21-23/h2-11,17H,1H3,(H,20,21,22)/t17-/m0/s1. The van der Waals surface area contributed by atoms with Gasteiger partial charge in [-0.1, -0.05) is 24.3 Å². The summed E-state index contributed by atoms with van der Waals surface area (Å²) in [7, 11) is 1.63. The Morgan fingerprint density at radius 3 is 2.88 bits per heavy atom. The second-order valence-electron chi connectivity index (χ2n) is 5.47. The molecule has 120 valence electrons. The van der Waals surface area contributed by atoms with Crippen molar-refractivity contribution >= 4 is 11.6 Å². The Balaban J connectivity index is 1.81. The van der Waals surface area contributed by atoms with E-state index in [1.54, 1.807) is 17.9 Å². The molecular formula is C18H15FN4O. The van der Waals surface area contributed by atoms with Gasteiger partial charge in [-0.05, 0) is 35.9 Å². The minimum absolute atomic E-state index is 0.236. The number of ether oxygens (including phenoxy) is 1. The van der Waals surface area contributed by atoms with Gasteiger partial charge in [-0.2, -0.15) is 10.1 Å². The minimum Gasteiger partial charge on any atom is -0.497 e. The van der Waals surface area contributed by atoms with Crippen LogP contribution in [0.3, 0.4) is 0 Å². The minimum atomic E-state index is -0.274. The van der Waals surface area contributed by atoms with E-state index in [1.165, 1.54) is 18.5 Å².